The first-order chi connectivity index (χ1) is 26.9. The number of hydrogen-bond donors (Lipinski definition) is 0. The molecule has 1 nitrogen and oxygen atoms in total. The lowest BCUT2D eigenvalue weighted by Gasteiger charge is -2.18. The minimum absolute atomic E-state index is 0.00911. The Morgan fingerprint density at radius 2 is 0.933 bits per heavy atom. The molecule has 0 saturated heterocycles. The van der Waals surface area contributed by atoms with Gasteiger partial charge < -0.3 is 4.42 Å². The predicted octanol–water partition coefficient (Wildman–Crippen LogP) is 12.6. The van der Waals surface area contributed by atoms with E-state index in [0.29, 0.717) is 22.3 Å². The van der Waals surface area contributed by atoms with E-state index < -0.39 is 30.2 Å². The Kier molecular flexibility index (Phi) is 3.87. The first-order valence-corrected chi connectivity index (χ1v) is 14.5. The lowest BCUT2D eigenvalue weighted by molar-refractivity contribution is 0.669. The summed E-state index contributed by atoms with van der Waals surface area (Å²) in [4.78, 5) is 0. The Bertz CT molecular complexity index is 3050. The molecule has 8 aromatic carbocycles. The molecule has 0 bridgehead atoms. The van der Waals surface area contributed by atoms with Crippen LogP contribution in [0.2, 0.25) is 0 Å². The van der Waals surface area contributed by atoms with Gasteiger partial charge in [-0.15, -0.1) is 0 Å². The van der Waals surface area contributed by atoms with Gasteiger partial charge in [0, 0.05) is 10.8 Å². The minimum atomic E-state index is -0.452. The Morgan fingerprint density at radius 1 is 0.378 bits per heavy atom. The van der Waals surface area contributed by atoms with Gasteiger partial charge in [-0.05, 0) is 84.2 Å². The molecule has 210 valence electrons. The lowest BCUT2D eigenvalue weighted by atomic mass is 9.84. The highest BCUT2D eigenvalue weighted by atomic mass is 16.3. The maximum Gasteiger partial charge on any atom is 0.136 e. The second-order valence-corrected chi connectivity index (χ2v) is 10.8. The molecule has 0 saturated carbocycles. The highest BCUT2D eigenvalue weighted by Crippen LogP contribution is 2.46. The molecule has 0 radical (unpaired) electrons. The molecule has 0 aliphatic rings. The van der Waals surface area contributed by atoms with E-state index in [1.165, 1.54) is 0 Å². The third kappa shape index (κ3) is 4.17. The van der Waals surface area contributed by atoms with Gasteiger partial charge >= 0.3 is 0 Å². The molecule has 0 aliphatic heterocycles. The predicted molar refractivity (Wildman–Crippen MR) is 190 cm³/mol. The molecule has 0 N–H and O–H groups in total. The molecule has 1 heterocycles. The van der Waals surface area contributed by atoms with Crippen molar-refractivity contribution in [2.75, 3.05) is 0 Å². The molecule has 0 atom stereocenters. The van der Waals surface area contributed by atoms with Crippen molar-refractivity contribution in [2.24, 2.45) is 0 Å². The summed E-state index contributed by atoms with van der Waals surface area (Å²) in [6.45, 7) is 0. The molecule has 1 heteroatoms. The van der Waals surface area contributed by atoms with Crippen molar-refractivity contribution in [1.29, 1.82) is 0 Å². The summed E-state index contributed by atoms with van der Waals surface area (Å²) >= 11 is 0. The van der Waals surface area contributed by atoms with Crippen LogP contribution in [0.15, 0.2) is 174 Å². The smallest absolute Gasteiger partial charge is 0.136 e. The van der Waals surface area contributed by atoms with Crippen LogP contribution in [0.25, 0.3) is 88.0 Å². The first-order valence-electron chi connectivity index (χ1n) is 20.0. The topological polar surface area (TPSA) is 13.1 Å². The van der Waals surface area contributed by atoms with E-state index in [0.717, 1.165) is 32.7 Å². The second-order valence-electron chi connectivity index (χ2n) is 10.8. The maximum atomic E-state index is 9.91. The van der Waals surface area contributed by atoms with Crippen LogP contribution < -0.4 is 0 Å². The van der Waals surface area contributed by atoms with E-state index in [1.807, 2.05) is 91.0 Å². The summed E-state index contributed by atoms with van der Waals surface area (Å²) in [6.07, 6.45) is 0. The monoisotopic (exact) mass is 583 g/mol. The van der Waals surface area contributed by atoms with E-state index >= 15 is 0 Å². The Hall–Kier alpha value is -5.92. The van der Waals surface area contributed by atoms with E-state index in [4.69, 9.17) is 16.8 Å². The van der Waals surface area contributed by atoms with Crippen molar-refractivity contribution < 1.29 is 19.5 Å². The van der Waals surface area contributed by atoms with Crippen molar-refractivity contribution >= 4 is 43.5 Å². The summed E-state index contributed by atoms with van der Waals surface area (Å²) in [7, 11) is 0. The quantitative estimate of drug-likeness (QED) is 0.188. The molecule has 0 fully saturated rings. The van der Waals surface area contributed by atoms with Gasteiger partial charge in [-0.25, -0.2) is 0 Å². The highest BCUT2D eigenvalue weighted by Gasteiger charge is 2.20. The number of furan rings is 1. The fourth-order valence-electron chi connectivity index (χ4n) is 6.33. The summed E-state index contributed by atoms with van der Waals surface area (Å²) in [5.74, 6) is 0. The normalized spacial score (nSPS) is 15.0. The molecule has 1 aromatic heterocycles. The minimum Gasteiger partial charge on any atom is -0.456 e. The lowest BCUT2D eigenvalue weighted by Crippen LogP contribution is -1.92. The first kappa shape index (κ1) is 16.8. The number of rotatable bonds is 4. The number of fused-ring (bicyclic) bond motifs is 5. The molecule has 9 rings (SSSR count). The SMILES string of the molecule is [2H]c1c([2H])c([2H])c(-c2ccc(-c3c4ccccc4c(-c4c([2H])c(-c5ccccc5)c5c(oc6c([2H])c([2H])c([2H])c([2H])c65)c4[2H])c4ccccc34)cc2)c([2H])c1[2H]. The van der Waals surface area contributed by atoms with E-state index in [9.17, 15) is 2.74 Å². The van der Waals surface area contributed by atoms with Crippen LogP contribution in [-0.2, 0) is 0 Å². The summed E-state index contributed by atoms with van der Waals surface area (Å²) in [6, 6.07) is 28.3. The number of para-hydroxylation sites is 1. The Balaban J connectivity index is 1.37. The zero-order chi connectivity index (χ0) is 39.3. The van der Waals surface area contributed by atoms with Gasteiger partial charge in [0.15, 0.2) is 0 Å². The fourth-order valence-corrected chi connectivity index (χ4v) is 6.33. The van der Waals surface area contributed by atoms with Gasteiger partial charge in [0.25, 0.3) is 0 Å². The molecule has 0 spiro atoms. The summed E-state index contributed by atoms with van der Waals surface area (Å²) in [5.41, 5.74) is 4.14. The molecular formula is C44H28O. The van der Waals surface area contributed by atoms with Crippen LogP contribution in [-0.4, -0.2) is 0 Å². The molecule has 9 aromatic rings. The molecular weight excluding hydrogens is 544 g/mol. The van der Waals surface area contributed by atoms with Gasteiger partial charge in [0.05, 0.1) is 15.1 Å². The van der Waals surface area contributed by atoms with E-state index in [-0.39, 0.29) is 69.3 Å². The number of hydrogen-bond acceptors (Lipinski definition) is 1. The average Bonchev–Trinajstić information content (AvgIpc) is 3.62. The zero-order valence-corrected chi connectivity index (χ0v) is 23.7. The van der Waals surface area contributed by atoms with Crippen LogP contribution in [0.5, 0.6) is 0 Å². The van der Waals surface area contributed by atoms with Crippen LogP contribution in [0.3, 0.4) is 0 Å². The van der Waals surface area contributed by atoms with Crippen molar-refractivity contribution in [2.45, 2.75) is 0 Å². The zero-order valence-electron chi connectivity index (χ0n) is 34.7. The van der Waals surface area contributed by atoms with Crippen LogP contribution >= 0.6 is 0 Å². The molecule has 45 heavy (non-hydrogen) atoms. The molecule has 0 amide bonds. The Labute approximate surface area is 277 Å². The Morgan fingerprint density at radius 3 is 1.60 bits per heavy atom. The van der Waals surface area contributed by atoms with Gasteiger partial charge in [0.1, 0.15) is 11.2 Å². The largest absolute Gasteiger partial charge is 0.456 e. The number of benzene rings is 8. The van der Waals surface area contributed by atoms with Crippen molar-refractivity contribution in [3.05, 3.63) is 170 Å². The van der Waals surface area contributed by atoms with E-state index in [1.54, 1.807) is 12.1 Å². The van der Waals surface area contributed by atoms with Crippen LogP contribution in [0, 0.1) is 0 Å². The van der Waals surface area contributed by atoms with Crippen molar-refractivity contribution in [3.63, 3.8) is 0 Å². The summed E-state index contributed by atoms with van der Waals surface area (Å²) in [5, 5.41) is 3.53. The van der Waals surface area contributed by atoms with Crippen LogP contribution in [0.1, 0.15) is 15.1 Å². The van der Waals surface area contributed by atoms with Crippen molar-refractivity contribution in [3.8, 4) is 44.5 Å². The van der Waals surface area contributed by atoms with Crippen LogP contribution in [0.4, 0.5) is 0 Å². The van der Waals surface area contributed by atoms with Gasteiger partial charge in [0.2, 0.25) is 0 Å². The third-order valence-corrected chi connectivity index (χ3v) is 8.28. The van der Waals surface area contributed by atoms with Gasteiger partial charge in [-0.2, -0.15) is 0 Å². The van der Waals surface area contributed by atoms with Crippen molar-refractivity contribution in [1.82, 2.24) is 0 Å². The van der Waals surface area contributed by atoms with Gasteiger partial charge in [-0.3, -0.25) is 0 Å². The highest BCUT2D eigenvalue weighted by molar-refractivity contribution is 6.23. The molecule has 0 unspecified atom stereocenters. The summed E-state index contributed by atoms with van der Waals surface area (Å²) < 4.78 is 101. The third-order valence-electron chi connectivity index (χ3n) is 8.28. The molecule has 0 aliphatic carbocycles. The fraction of sp³-hybridized carbons (Fsp3) is 0. The van der Waals surface area contributed by atoms with E-state index in [2.05, 4.69) is 0 Å². The maximum absolute atomic E-state index is 9.91. The second kappa shape index (κ2) is 10.4. The standard InChI is InChI=1S/C44H28O/c1-3-13-29(14-4-1)30-23-25-32(26-24-30)42-34-17-7-9-19-36(34)43(37-20-10-8-18-35(37)42)33-27-39(31-15-5-2-6-16-31)44-38-21-11-12-22-40(38)45-41(44)28-33/h1-28H/i1D,3D,4D,11D,12D,13D,14D,21D,22D,27D,28D. The average molecular weight is 584 g/mol. The van der Waals surface area contributed by atoms with Gasteiger partial charge in [-0.1, -0.05) is 151 Å².